The number of hydrogen-bond donors (Lipinski definition) is 1. The van der Waals surface area contributed by atoms with Crippen LogP contribution in [0.2, 0.25) is 0 Å². The summed E-state index contributed by atoms with van der Waals surface area (Å²) < 4.78 is 2.21. The predicted molar refractivity (Wildman–Crippen MR) is 79.7 cm³/mol. The molecule has 0 atom stereocenters. The Kier molecular flexibility index (Phi) is 3.72. The van der Waals surface area contributed by atoms with Crippen molar-refractivity contribution < 1.29 is 0 Å². The van der Waals surface area contributed by atoms with Crippen LogP contribution in [0.1, 0.15) is 51.1 Å². The van der Waals surface area contributed by atoms with E-state index in [0.717, 1.165) is 18.5 Å². The molecule has 3 rings (SSSR count). The molecule has 3 nitrogen and oxygen atoms in total. The zero-order valence-electron chi connectivity index (χ0n) is 11.7. The highest BCUT2D eigenvalue weighted by Gasteiger charge is 2.17. The first-order chi connectivity index (χ1) is 9.38. The van der Waals surface area contributed by atoms with E-state index in [1.165, 1.54) is 43.6 Å². The van der Waals surface area contributed by atoms with E-state index in [0.29, 0.717) is 6.04 Å². The number of anilines is 1. The topological polar surface area (TPSA) is 29.3 Å². The van der Waals surface area contributed by atoms with Gasteiger partial charge in [0.2, 0.25) is 0 Å². The lowest BCUT2D eigenvalue weighted by Gasteiger charge is -2.24. The second-order valence-electron chi connectivity index (χ2n) is 5.57. The summed E-state index contributed by atoms with van der Waals surface area (Å²) in [5.41, 5.74) is 2.28. The molecule has 2 heterocycles. The SMILES string of the molecule is CCCc1nc2ccccn2c1NC1CCCCC1. The first-order valence-electron chi connectivity index (χ1n) is 7.61. The second kappa shape index (κ2) is 5.64. The van der Waals surface area contributed by atoms with Crippen LogP contribution in [0.25, 0.3) is 5.65 Å². The van der Waals surface area contributed by atoms with Crippen molar-refractivity contribution in [3.05, 3.63) is 30.1 Å². The fourth-order valence-corrected chi connectivity index (χ4v) is 3.05. The second-order valence-corrected chi connectivity index (χ2v) is 5.57. The van der Waals surface area contributed by atoms with E-state index in [1.54, 1.807) is 0 Å². The van der Waals surface area contributed by atoms with Gasteiger partial charge >= 0.3 is 0 Å². The lowest BCUT2D eigenvalue weighted by molar-refractivity contribution is 0.461. The van der Waals surface area contributed by atoms with E-state index >= 15 is 0 Å². The number of aromatic nitrogens is 2. The van der Waals surface area contributed by atoms with Gasteiger partial charge in [-0.2, -0.15) is 0 Å². The van der Waals surface area contributed by atoms with Crippen LogP contribution in [0.3, 0.4) is 0 Å². The van der Waals surface area contributed by atoms with Gasteiger partial charge in [0.1, 0.15) is 11.5 Å². The van der Waals surface area contributed by atoms with Crippen LogP contribution >= 0.6 is 0 Å². The molecule has 1 fully saturated rings. The predicted octanol–water partition coefficient (Wildman–Crippen LogP) is 4.03. The fraction of sp³-hybridized carbons (Fsp3) is 0.562. The fourth-order valence-electron chi connectivity index (χ4n) is 3.05. The van der Waals surface area contributed by atoms with Crippen molar-refractivity contribution in [1.82, 2.24) is 9.38 Å². The molecule has 1 N–H and O–H groups in total. The summed E-state index contributed by atoms with van der Waals surface area (Å²) in [7, 11) is 0. The lowest BCUT2D eigenvalue weighted by atomic mass is 9.95. The molecular weight excluding hydrogens is 234 g/mol. The standard InChI is InChI=1S/C16H23N3/c1-2-8-14-16(17-13-9-4-3-5-10-13)19-12-7-6-11-15(19)18-14/h6-7,11-13,17H,2-5,8-10H2,1H3. The Labute approximate surface area is 115 Å². The van der Waals surface area contributed by atoms with Crippen LogP contribution in [0.5, 0.6) is 0 Å². The molecule has 1 aliphatic rings. The van der Waals surface area contributed by atoms with Gasteiger partial charge < -0.3 is 5.32 Å². The minimum atomic E-state index is 0.629. The first-order valence-corrected chi connectivity index (χ1v) is 7.61. The molecule has 3 heteroatoms. The van der Waals surface area contributed by atoms with Gasteiger partial charge in [-0.3, -0.25) is 4.40 Å². The van der Waals surface area contributed by atoms with Crippen LogP contribution in [-0.2, 0) is 6.42 Å². The highest BCUT2D eigenvalue weighted by atomic mass is 15.1. The Hall–Kier alpha value is -1.51. The van der Waals surface area contributed by atoms with Crippen LogP contribution in [0.15, 0.2) is 24.4 Å². The van der Waals surface area contributed by atoms with Gasteiger partial charge in [-0.1, -0.05) is 38.7 Å². The summed E-state index contributed by atoms with van der Waals surface area (Å²) in [5, 5.41) is 3.76. The molecular formula is C16H23N3. The van der Waals surface area contributed by atoms with E-state index in [4.69, 9.17) is 4.98 Å². The summed E-state index contributed by atoms with van der Waals surface area (Å²) in [6.07, 6.45) is 11.0. The van der Waals surface area contributed by atoms with Crippen molar-refractivity contribution in [1.29, 1.82) is 0 Å². The van der Waals surface area contributed by atoms with Crippen molar-refractivity contribution >= 4 is 11.5 Å². The monoisotopic (exact) mass is 257 g/mol. The molecule has 0 unspecified atom stereocenters. The number of aryl methyl sites for hydroxylation is 1. The molecule has 2 aromatic heterocycles. The molecule has 1 aliphatic carbocycles. The Balaban J connectivity index is 1.92. The maximum absolute atomic E-state index is 4.77. The van der Waals surface area contributed by atoms with E-state index in [-0.39, 0.29) is 0 Å². The maximum atomic E-state index is 4.77. The molecule has 2 aromatic rings. The summed E-state index contributed by atoms with van der Waals surface area (Å²) in [6, 6.07) is 6.86. The zero-order valence-corrected chi connectivity index (χ0v) is 11.7. The van der Waals surface area contributed by atoms with Gasteiger partial charge in [0.25, 0.3) is 0 Å². The minimum Gasteiger partial charge on any atom is -0.367 e. The van der Waals surface area contributed by atoms with E-state index < -0.39 is 0 Å². The van der Waals surface area contributed by atoms with Gasteiger partial charge in [0.15, 0.2) is 0 Å². The number of rotatable bonds is 4. The molecule has 0 radical (unpaired) electrons. The zero-order chi connectivity index (χ0) is 13.1. The maximum Gasteiger partial charge on any atom is 0.138 e. The van der Waals surface area contributed by atoms with Crippen molar-refractivity contribution in [3.8, 4) is 0 Å². The Morgan fingerprint density at radius 2 is 2.11 bits per heavy atom. The summed E-state index contributed by atoms with van der Waals surface area (Å²) in [6.45, 7) is 2.22. The average Bonchev–Trinajstić information content (AvgIpc) is 2.79. The van der Waals surface area contributed by atoms with Gasteiger partial charge in [0, 0.05) is 12.2 Å². The third-order valence-corrected chi connectivity index (χ3v) is 4.03. The third-order valence-electron chi connectivity index (χ3n) is 4.03. The lowest BCUT2D eigenvalue weighted by Crippen LogP contribution is -2.23. The van der Waals surface area contributed by atoms with Crippen molar-refractivity contribution in [2.24, 2.45) is 0 Å². The van der Waals surface area contributed by atoms with Gasteiger partial charge in [-0.15, -0.1) is 0 Å². The highest BCUT2D eigenvalue weighted by Crippen LogP contribution is 2.25. The van der Waals surface area contributed by atoms with Crippen LogP contribution in [0.4, 0.5) is 5.82 Å². The summed E-state index contributed by atoms with van der Waals surface area (Å²) in [5.74, 6) is 1.23. The van der Waals surface area contributed by atoms with Crippen LogP contribution < -0.4 is 5.32 Å². The number of hydrogen-bond acceptors (Lipinski definition) is 2. The van der Waals surface area contributed by atoms with E-state index in [2.05, 4.69) is 41.0 Å². The Bertz CT molecular complexity index is 538. The molecule has 0 aliphatic heterocycles. The molecule has 0 amide bonds. The molecule has 0 bridgehead atoms. The Morgan fingerprint density at radius 3 is 2.89 bits per heavy atom. The molecule has 19 heavy (non-hydrogen) atoms. The summed E-state index contributed by atoms with van der Waals surface area (Å²) in [4.78, 5) is 4.77. The van der Waals surface area contributed by atoms with Crippen molar-refractivity contribution in [3.63, 3.8) is 0 Å². The quantitative estimate of drug-likeness (QED) is 0.896. The number of imidazole rings is 1. The van der Waals surface area contributed by atoms with E-state index in [1.807, 2.05) is 0 Å². The van der Waals surface area contributed by atoms with Gasteiger partial charge in [0.05, 0.1) is 5.69 Å². The molecule has 0 saturated heterocycles. The smallest absolute Gasteiger partial charge is 0.138 e. The van der Waals surface area contributed by atoms with Gasteiger partial charge in [-0.25, -0.2) is 4.98 Å². The third kappa shape index (κ3) is 2.60. The van der Waals surface area contributed by atoms with Crippen molar-refractivity contribution in [2.75, 3.05) is 5.32 Å². The first kappa shape index (κ1) is 12.5. The highest BCUT2D eigenvalue weighted by molar-refractivity contribution is 5.55. The molecule has 0 spiro atoms. The summed E-state index contributed by atoms with van der Waals surface area (Å²) >= 11 is 0. The number of nitrogens with zero attached hydrogens (tertiary/aromatic N) is 2. The van der Waals surface area contributed by atoms with Crippen molar-refractivity contribution in [2.45, 2.75) is 57.9 Å². The minimum absolute atomic E-state index is 0.629. The van der Waals surface area contributed by atoms with Gasteiger partial charge in [-0.05, 0) is 31.4 Å². The number of fused-ring (bicyclic) bond motifs is 1. The van der Waals surface area contributed by atoms with Crippen LogP contribution in [0, 0.1) is 0 Å². The average molecular weight is 257 g/mol. The number of pyridine rings is 1. The van der Waals surface area contributed by atoms with Crippen LogP contribution in [-0.4, -0.2) is 15.4 Å². The number of nitrogens with one attached hydrogen (secondary N) is 1. The molecule has 1 saturated carbocycles. The molecule has 0 aromatic carbocycles. The van der Waals surface area contributed by atoms with E-state index in [9.17, 15) is 0 Å². The largest absolute Gasteiger partial charge is 0.367 e. The Morgan fingerprint density at radius 1 is 1.26 bits per heavy atom. The molecule has 102 valence electrons. The normalized spacial score (nSPS) is 16.9.